The van der Waals surface area contributed by atoms with Crippen molar-refractivity contribution in [2.75, 3.05) is 15.8 Å². The monoisotopic (exact) mass is 524 g/mol. The van der Waals surface area contributed by atoms with Crippen LogP contribution in [0.2, 0.25) is 0 Å². The van der Waals surface area contributed by atoms with Gasteiger partial charge in [0.15, 0.2) is 11.0 Å². The predicted molar refractivity (Wildman–Crippen MR) is 137 cm³/mol. The van der Waals surface area contributed by atoms with E-state index in [4.69, 9.17) is 0 Å². The number of aromatic nitrogens is 6. The van der Waals surface area contributed by atoms with E-state index >= 15 is 0 Å². The van der Waals surface area contributed by atoms with E-state index in [9.17, 15) is 13.2 Å². The molecule has 0 saturated heterocycles. The molecule has 1 aromatic carbocycles. The number of rotatable bonds is 9. The first-order valence-electron chi connectivity index (χ1n) is 11.0. The fourth-order valence-electron chi connectivity index (χ4n) is 3.40. The molecule has 0 unspecified atom stereocenters. The van der Waals surface area contributed by atoms with Crippen molar-refractivity contribution in [3.63, 3.8) is 0 Å². The molecule has 2 N–H and O–H groups in total. The van der Waals surface area contributed by atoms with Crippen LogP contribution in [0.1, 0.15) is 18.4 Å². The number of thioether (sulfide) groups is 1. The maximum atomic E-state index is 12.7. The molecule has 0 saturated carbocycles. The molecule has 4 rings (SSSR count). The summed E-state index contributed by atoms with van der Waals surface area (Å²) in [6, 6.07) is 11.2. The van der Waals surface area contributed by atoms with Crippen LogP contribution in [0.4, 0.5) is 11.5 Å². The van der Waals surface area contributed by atoms with Crippen molar-refractivity contribution >= 4 is 39.2 Å². The number of sulfonamides is 1. The van der Waals surface area contributed by atoms with Gasteiger partial charge in [0.2, 0.25) is 5.91 Å². The molecule has 4 aromatic rings. The van der Waals surface area contributed by atoms with E-state index < -0.39 is 10.0 Å². The van der Waals surface area contributed by atoms with Gasteiger partial charge in [0, 0.05) is 41.9 Å². The van der Waals surface area contributed by atoms with Crippen LogP contribution >= 0.6 is 11.8 Å². The molecule has 0 aliphatic carbocycles. The van der Waals surface area contributed by atoms with Crippen molar-refractivity contribution in [1.82, 2.24) is 29.7 Å². The number of hydrogen-bond donors (Lipinski definition) is 2. The van der Waals surface area contributed by atoms with Crippen LogP contribution in [0, 0.1) is 13.8 Å². The van der Waals surface area contributed by atoms with E-state index in [1.807, 2.05) is 23.6 Å². The summed E-state index contributed by atoms with van der Waals surface area (Å²) in [4.78, 5) is 24.9. The van der Waals surface area contributed by atoms with Crippen LogP contribution in [-0.4, -0.2) is 49.8 Å². The Labute approximate surface area is 212 Å². The molecule has 3 aromatic heterocycles. The fraction of sp³-hybridized carbons (Fsp3) is 0.217. The molecule has 36 heavy (non-hydrogen) atoms. The number of amides is 1. The summed E-state index contributed by atoms with van der Waals surface area (Å²) in [5, 5.41) is 11.8. The largest absolute Gasteiger partial charge is 0.325 e. The third-order valence-electron chi connectivity index (χ3n) is 4.94. The van der Waals surface area contributed by atoms with E-state index in [-0.39, 0.29) is 22.4 Å². The Bertz CT molecular complexity index is 1450. The second kappa shape index (κ2) is 10.8. The molecule has 0 bridgehead atoms. The molecule has 0 aliphatic heterocycles. The summed E-state index contributed by atoms with van der Waals surface area (Å²) in [5.74, 6) is 1.20. The van der Waals surface area contributed by atoms with Crippen molar-refractivity contribution in [2.45, 2.75) is 37.4 Å². The minimum Gasteiger partial charge on any atom is -0.325 e. The number of nitrogens with one attached hydrogen (secondary N) is 2. The third kappa shape index (κ3) is 6.04. The first-order chi connectivity index (χ1) is 17.2. The highest BCUT2D eigenvalue weighted by Crippen LogP contribution is 2.24. The van der Waals surface area contributed by atoms with E-state index in [2.05, 4.69) is 35.2 Å². The average molecular weight is 525 g/mol. The van der Waals surface area contributed by atoms with Crippen molar-refractivity contribution < 1.29 is 13.2 Å². The number of hydrogen-bond acceptors (Lipinski definition) is 9. The van der Waals surface area contributed by atoms with Gasteiger partial charge in [0.1, 0.15) is 11.6 Å². The Balaban J connectivity index is 1.37. The van der Waals surface area contributed by atoms with Crippen molar-refractivity contribution in [2.24, 2.45) is 0 Å². The van der Waals surface area contributed by atoms with Crippen molar-refractivity contribution in [3.05, 3.63) is 66.4 Å². The second-order valence-corrected chi connectivity index (χ2v) is 10.3. The van der Waals surface area contributed by atoms with Gasteiger partial charge < -0.3 is 9.88 Å². The maximum Gasteiger partial charge on any atom is 0.263 e. The van der Waals surface area contributed by atoms with Crippen LogP contribution in [0.3, 0.4) is 0 Å². The highest BCUT2D eigenvalue weighted by atomic mass is 32.2. The summed E-state index contributed by atoms with van der Waals surface area (Å²) in [6.45, 7) is 6.06. The Kier molecular flexibility index (Phi) is 7.60. The molecular weight excluding hydrogens is 500 g/mol. The normalized spacial score (nSPS) is 11.3. The SMILES string of the molecule is CCn1c(SCC(=O)Nc2ccc(S(=O)(=O)Nc3cc(C)nc(C)n3)cc2)nnc1-c1cccnc1. The lowest BCUT2D eigenvalue weighted by Crippen LogP contribution is -2.16. The summed E-state index contributed by atoms with van der Waals surface area (Å²) in [7, 11) is -3.85. The van der Waals surface area contributed by atoms with Gasteiger partial charge in [-0.1, -0.05) is 11.8 Å². The average Bonchev–Trinajstić information content (AvgIpc) is 3.25. The highest BCUT2D eigenvalue weighted by Gasteiger charge is 2.17. The summed E-state index contributed by atoms with van der Waals surface area (Å²) < 4.78 is 29.8. The molecule has 11 nitrogen and oxygen atoms in total. The number of anilines is 2. The van der Waals surface area contributed by atoms with Gasteiger partial charge in [0.25, 0.3) is 10.0 Å². The molecule has 13 heteroatoms. The summed E-state index contributed by atoms with van der Waals surface area (Å²) >= 11 is 1.26. The zero-order chi connectivity index (χ0) is 25.7. The third-order valence-corrected chi connectivity index (χ3v) is 7.28. The van der Waals surface area contributed by atoms with Gasteiger partial charge in [0.05, 0.1) is 10.6 Å². The van der Waals surface area contributed by atoms with Crippen LogP contribution < -0.4 is 10.0 Å². The number of aryl methyl sites for hydroxylation is 2. The lowest BCUT2D eigenvalue weighted by Gasteiger charge is -2.10. The zero-order valence-corrected chi connectivity index (χ0v) is 21.5. The van der Waals surface area contributed by atoms with E-state index in [0.29, 0.717) is 34.7 Å². The van der Waals surface area contributed by atoms with E-state index in [1.54, 1.807) is 32.3 Å². The first-order valence-corrected chi connectivity index (χ1v) is 13.4. The molecule has 186 valence electrons. The van der Waals surface area contributed by atoms with Gasteiger partial charge in [-0.25, -0.2) is 18.4 Å². The number of carbonyl (C=O) groups excluding carboxylic acids is 1. The minimum absolute atomic E-state index is 0.0442. The lowest BCUT2D eigenvalue weighted by molar-refractivity contribution is -0.113. The first kappa shape index (κ1) is 25.3. The van der Waals surface area contributed by atoms with Gasteiger partial charge >= 0.3 is 0 Å². The van der Waals surface area contributed by atoms with Gasteiger partial charge in [-0.2, -0.15) is 0 Å². The predicted octanol–water partition coefficient (Wildman–Crippen LogP) is 3.30. The lowest BCUT2D eigenvalue weighted by atomic mass is 10.3. The summed E-state index contributed by atoms with van der Waals surface area (Å²) in [5.41, 5.74) is 1.97. The maximum absolute atomic E-state index is 12.7. The standard InChI is InChI=1S/C23H24N8O3S2/c1-4-31-22(17-6-5-11-24-13-17)28-29-23(31)35-14-21(32)27-18-7-9-19(10-8-18)36(33,34)30-20-12-15(2)25-16(3)26-20/h5-13H,4,14H2,1-3H3,(H,27,32)(H,25,26,30). The molecule has 1 amide bonds. The Hall–Kier alpha value is -3.84. The molecule has 0 radical (unpaired) electrons. The molecule has 0 aliphatic rings. The topological polar surface area (TPSA) is 145 Å². The van der Waals surface area contributed by atoms with E-state index in [0.717, 1.165) is 5.56 Å². The molecule has 0 atom stereocenters. The Morgan fingerprint density at radius 3 is 2.53 bits per heavy atom. The molecule has 3 heterocycles. The van der Waals surface area contributed by atoms with Crippen molar-refractivity contribution in [3.8, 4) is 11.4 Å². The van der Waals surface area contributed by atoms with Crippen LogP contribution in [-0.2, 0) is 21.4 Å². The van der Waals surface area contributed by atoms with Crippen LogP contribution in [0.25, 0.3) is 11.4 Å². The van der Waals surface area contributed by atoms with Crippen LogP contribution in [0.15, 0.2) is 64.9 Å². The van der Waals surface area contributed by atoms with Crippen LogP contribution in [0.5, 0.6) is 0 Å². The molecule has 0 spiro atoms. The number of nitrogens with zero attached hydrogens (tertiary/aromatic N) is 6. The fourth-order valence-corrected chi connectivity index (χ4v) is 5.19. The molecular formula is C23H24N8O3S2. The molecule has 0 fully saturated rings. The highest BCUT2D eigenvalue weighted by molar-refractivity contribution is 7.99. The summed E-state index contributed by atoms with van der Waals surface area (Å²) in [6.07, 6.45) is 3.40. The second-order valence-electron chi connectivity index (χ2n) is 7.70. The van der Waals surface area contributed by atoms with Gasteiger partial charge in [-0.15, -0.1) is 10.2 Å². The number of benzene rings is 1. The smallest absolute Gasteiger partial charge is 0.263 e. The van der Waals surface area contributed by atoms with Gasteiger partial charge in [-0.05, 0) is 57.2 Å². The minimum atomic E-state index is -3.85. The van der Waals surface area contributed by atoms with E-state index in [1.165, 1.54) is 36.0 Å². The number of carbonyl (C=O) groups is 1. The quantitative estimate of drug-likeness (QED) is 0.315. The zero-order valence-electron chi connectivity index (χ0n) is 19.8. The van der Waals surface area contributed by atoms with Gasteiger partial charge in [-0.3, -0.25) is 14.5 Å². The Morgan fingerprint density at radius 2 is 1.86 bits per heavy atom. The number of pyridine rings is 1. The Morgan fingerprint density at radius 1 is 1.08 bits per heavy atom. The van der Waals surface area contributed by atoms with Crippen molar-refractivity contribution in [1.29, 1.82) is 0 Å².